The van der Waals surface area contributed by atoms with E-state index in [1.54, 1.807) is 6.07 Å². The van der Waals surface area contributed by atoms with E-state index in [9.17, 15) is 9.59 Å². The van der Waals surface area contributed by atoms with Crippen LogP contribution in [-0.4, -0.2) is 65.0 Å². The number of nitrogens with one attached hydrogen (secondary N) is 1. The zero-order valence-corrected chi connectivity index (χ0v) is 18.4. The summed E-state index contributed by atoms with van der Waals surface area (Å²) >= 11 is 0. The molecule has 0 spiro atoms. The first-order valence-electron chi connectivity index (χ1n) is 10.9. The molecule has 0 bridgehead atoms. The van der Waals surface area contributed by atoms with Gasteiger partial charge in [0.25, 0.3) is 5.91 Å². The number of hydrogen-bond donors (Lipinski definition) is 1. The molecular weight excluding hydrogens is 396 g/mol. The molecule has 1 aromatic carbocycles. The van der Waals surface area contributed by atoms with Crippen LogP contribution >= 0.6 is 0 Å². The molecular formula is C23H30N4O4. The lowest BCUT2D eigenvalue weighted by atomic mass is 10.1. The average molecular weight is 427 g/mol. The van der Waals surface area contributed by atoms with Crippen molar-refractivity contribution < 1.29 is 18.8 Å². The summed E-state index contributed by atoms with van der Waals surface area (Å²) in [7, 11) is 0. The van der Waals surface area contributed by atoms with Crippen LogP contribution in [0.5, 0.6) is 5.75 Å². The molecule has 1 aromatic heterocycles. The van der Waals surface area contributed by atoms with E-state index in [-0.39, 0.29) is 17.9 Å². The van der Waals surface area contributed by atoms with Gasteiger partial charge in [0.2, 0.25) is 5.91 Å². The van der Waals surface area contributed by atoms with Crippen molar-refractivity contribution in [2.24, 2.45) is 0 Å². The second kappa shape index (κ2) is 9.09. The van der Waals surface area contributed by atoms with Crippen LogP contribution in [0.4, 0.5) is 0 Å². The third-order valence-corrected chi connectivity index (χ3v) is 6.10. The number of piperazine rings is 1. The van der Waals surface area contributed by atoms with Gasteiger partial charge in [-0.05, 0) is 51.8 Å². The first kappa shape index (κ1) is 21.4. The highest BCUT2D eigenvalue weighted by Crippen LogP contribution is 2.21. The number of amides is 2. The number of carbonyl (C=O) groups is 2. The van der Waals surface area contributed by atoms with Gasteiger partial charge in [-0.1, -0.05) is 11.2 Å². The molecule has 4 rings (SSSR count). The van der Waals surface area contributed by atoms with Crippen molar-refractivity contribution in [2.45, 2.75) is 52.3 Å². The summed E-state index contributed by atoms with van der Waals surface area (Å²) in [5.74, 6) is 1.44. The predicted octanol–water partition coefficient (Wildman–Crippen LogP) is 2.30. The molecule has 8 nitrogen and oxygen atoms in total. The van der Waals surface area contributed by atoms with Gasteiger partial charge < -0.3 is 19.5 Å². The summed E-state index contributed by atoms with van der Waals surface area (Å²) in [5.41, 5.74) is 2.33. The van der Waals surface area contributed by atoms with Gasteiger partial charge in [-0.3, -0.25) is 14.5 Å². The smallest absolute Gasteiger partial charge is 0.254 e. The van der Waals surface area contributed by atoms with Gasteiger partial charge in [0.1, 0.15) is 18.1 Å². The summed E-state index contributed by atoms with van der Waals surface area (Å²) in [6.07, 6.45) is 2.17. The van der Waals surface area contributed by atoms with Gasteiger partial charge in [-0.25, -0.2) is 0 Å². The lowest BCUT2D eigenvalue weighted by Crippen LogP contribution is -2.55. The minimum atomic E-state index is -0.168. The first-order valence-corrected chi connectivity index (χ1v) is 10.9. The van der Waals surface area contributed by atoms with Crippen LogP contribution in [0.1, 0.15) is 47.1 Å². The fraction of sp³-hybridized carbons (Fsp3) is 0.522. The zero-order valence-electron chi connectivity index (χ0n) is 18.4. The molecule has 1 atom stereocenters. The molecule has 2 amide bonds. The Hall–Kier alpha value is -2.87. The number of ether oxygens (including phenoxy) is 1. The molecule has 0 radical (unpaired) electrons. The Morgan fingerprint density at radius 3 is 2.61 bits per heavy atom. The summed E-state index contributed by atoms with van der Waals surface area (Å²) in [6, 6.07) is 7.45. The highest BCUT2D eigenvalue weighted by molar-refractivity contribution is 5.94. The monoisotopic (exact) mass is 426 g/mol. The van der Waals surface area contributed by atoms with Crippen molar-refractivity contribution in [1.82, 2.24) is 20.3 Å². The van der Waals surface area contributed by atoms with E-state index >= 15 is 0 Å². The number of rotatable bonds is 7. The van der Waals surface area contributed by atoms with Crippen LogP contribution in [0, 0.1) is 13.8 Å². The molecule has 1 N–H and O–H groups in total. The molecule has 2 fully saturated rings. The Morgan fingerprint density at radius 2 is 1.97 bits per heavy atom. The number of carbonyl (C=O) groups excluding carboxylic acids is 2. The Morgan fingerprint density at radius 1 is 1.23 bits per heavy atom. The van der Waals surface area contributed by atoms with Crippen molar-refractivity contribution >= 4 is 11.8 Å². The van der Waals surface area contributed by atoms with Crippen molar-refractivity contribution in [3.63, 3.8) is 0 Å². The number of aromatic nitrogens is 1. The molecule has 1 aliphatic heterocycles. The molecule has 1 saturated carbocycles. The van der Waals surface area contributed by atoms with Gasteiger partial charge in [0, 0.05) is 37.8 Å². The lowest BCUT2D eigenvalue weighted by molar-refractivity contribution is -0.126. The number of benzene rings is 1. The maximum atomic E-state index is 13.0. The molecule has 1 saturated heterocycles. The Balaban J connectivity index is 1.31. The molecule has 1 aliphatic carbocycles. The summed E-state index contributed by atoms with van der Waals surface area (Å²) in [4.78, 5) is 29.3. The summed E-state index contributed by atoms with van der Waals surface area (Å²) in [5, 5.41) is 7.00. The maximum absolute atomic E-state index is 13.0. The predicted molar refractivity (Wildman–Crippen MR) is 115 cm³/mol. The fourth-order valence-corrected chi connectivity index (χ4v) is 3.79. The first-order chi connectivity index (χ1) is 14.9. The van der Waals surface area contributed by atoms with Crippen LogP contribution in [-0.2, 0) is 11.4 Å². The van der Waals surface area contributed by atoms with Crippen molar-refractivity contribution in [3.05, 3.63) is 46.8 Å². The van der Waals surface area contributed by atoms with Crippen LogP contribution in [0.2, 0.25) is 0 Å². The van der Waals surface area contributed by atoms with E-state index in [4.69, 9.17) is 9.26 Å². The topological polar surface area (TPSA) is 87.9 Å². The van der Waals surface area contributed by atoms with E-state index in [1.807, 2.05) is 43.9 Å². The average Bonchev–Trinajstić information content (AvgIpc) is 3.55. The van der Waals surface area contributed by atoms with Crippen molar-refractivity contribution in [1.29, 1.82) is 0 Å². The molecule has 31 heavy (non-hydrogen) atoms. The normalized spacial score (nSPS) is 18.0. The molecule has 2 aliphatic rings. The van der Waals surface area contributed by atoms with Crippen LogP contribution in [0.25, 0.3) is 0 Å². The lowest BCUT2D eigenvalue weighted by Gasteiger charge is -2.37. The van der Waals surface area contributed by atoms with E-state index < -0.39 is 0 Å². The molecule has 8 heteroatoms. The quantitative estimate of drug-likeness (QED) is 0.731. The van der Waals surface area contributed by atoms with Gasteiger partial charge in [-0.2, -0.15) is 0 Å². The third kappa shape index (κ3) is 5.07. The van der Waals surface area contributed by atoms with Gasteiger partial charge in [0.15, 0.2) is 0 Å². The second-order valence-electron chi connectivity index (χ2n) is 8.41. The van der Waals surface area contributed by atoms with Crippen LogP contribution in [0.15, 0.2) is 28.8 Å². The van der Waals surface area contributed by atoms with Gasteiger partial charge in [-0.15, -0.1) is 0 Å². The number of hydrogen-bond acceptors (Lipinski definition) is 6. The third-order valence-electron chi connectivity index (χ3n) is 6.10. The van der Waals surface area contributed by atoms with Crippen molar-refractivity contribution in [2.75, 3.05) is 26.2 Å². The SMILES string of the molecule is Cc1noc(C)c1COc1cccc(C(=O)N2CCN(C(C)C(=O)NC3CC3)CC2)c1. The number of aryl methyl sites for hydroxylation is 2. The molecule has 2 aromatic rings. The Labute approximate surface area is 182 Å². The molecule has 2 heterocycles. The highest BCUT2D eigenvalue weighted by Gasteiger charge is 2.31. The van der Waals surface area contributed by atoms with Gasteiger partial charge >= 0.3 is 0 Å². The largest absolute Gasteiger partial charge is 0.489 e. The van der Waals surface area contributed by atoms with E-state index in [0.29, 0.717) is 50.1 Å². The van der Waals surface area contributed by atoms with Crippen molar-refractivity contribution in [3.8, 4) is 5.75 Å². The molecule has 166 valence electrons. The summed E-state index contributed by atoms with van der Waals surface area (Å²) < 4.78 is 11.0. The standard InChI is InChI=1S/C23H30N4O4/c1-15-21(17(3)31-25-15)14-30-20-6-4-5-18(13-20)23(29)27-11-9-26(10-12-27)16(2)22(28)24-19-7-8-19/h4-6,13,16,19H,7-12,14H2,1-3H3,(H,24,28). The van der Waals surface area contributed by atoms with E-state index in [2.05, 4.69) is 15.4 Å². The van der Waals surface area contributed by atoms with E-state index in [0.717, 1.165) is 29.9 Å². The minimum Gasteiger partial charge on any atom is -0.489 e. The van der Waals surface area contributed by atoms with Crippen LogP contribution in [0.3, 0.4) is 0 Å². The summed E-state index contributed by atoms with van der Waals surface area (Å²) in [6.45, 7) is 8.60. The van der Waals surface area contributed by atoms with Gasteiger partial charge in [0.05, 0.1) is 17.3 Å². The maximum Gasteiger partial charge on any atom is 0.254 e. The van der Waals surface area contributed by atoms with Crippen LogP contribution < -0.4 is 10.1 Å². The van der Waals surface area contributed by atoms with E-state index in [1.165, 1.54) is 0 Å². The fourth-order valence-electron chi connectivity index (χ4n) is 3.79. The zero-order chi connectivity index (χ0) is 22.0. The second-order valence-corrected chi connectivity index (χ2v) is 8.41. The number of nitrogens with zero attached hydrogens (tertiary/aromatic N) is 3. The Bertz CT molecular complexity index is 925. The highest BCUT2D eigenvalue weighted by atomic mass is 16.5. The molecule has 1 unspecified atom stereocenters. The minimum absolute atomic E-state index is 0.0162. The Kier molecular flexibility index (Phi) is 6.27.